The third kappa shape index (κ3) is 3.36. The highest BCUT2D eigenvalue weighted by atomic mass is 32.2. The zero-order valence-corrected chi connectivity index (χ0v) is 14.4. The van der Waals surface area contributed by atoms with Gasteiger partial charge in [-0.2, -0.15) is 0 Å². The molecule has 0 fully saturated rings. The number of rotatable bonds is 4. The van der Waals surface area contributed by atoms with Gasteiger partial charge in [0, 0.05) is 22.5 Å². The Bertz CT molecular complexity index is 963. The van der Waals surface area contributed by atoms with Gasteiger partial charge in [0.15, 0.2) is 5.43 Å². The Kier molecular flexibility index (Phi) is 4.71. The van der Waals surface area contributed by atoms with Gasteiger partial charge >= 0.3 is 0 Å². The molecule has 0 radical (unpaired) electrons. The number of carbonyl (C=O) groups excluding carboxylic acids is 1. The van der Waals surface area contributed by atoms with Gasteiger partial charge in [-0.25, -0.2) is 0 Å². The number of aromatic nitrogens is 1. The summed E-state index contributed by atoms with van der Waals surface area (Å²) in [5.41, 5.74) is 2.56. The first kappa shape index (κ1) is 16.3. The second-order valence-electron chi connectivity index (χ2n) is 5.58. The molecule has 1 N–H and O–H groups in total. The summed E-state index contributed by atoms with van der Waals surface area (Å²) in [6.07, 6.45) is 3.64. The highest BCUT2D eigenvalue weighted by Crippen LogP contribution is 2.24. The van der Waals surface area contributed by atoms with Gasteiger partial charge in [-0.05, 0) is 37.4 Å². The zero-order chi connectivity index (χ0) is 17.1. The first-order valence-electron chi connectivity index (χ1n) is 7.61. The Hall–Kier alpha value is -2.53. The molecule has 4 nitrogen and oxygen atoms in total. The molecular weight excluding hydrogens is 320 g/mol. The van der Waals surface area contributed by atoms with Crippen LogP contribution in [-0.4, -0.2) is 16.7 Å². The Morgan fingerprint density at radius 2 is 1.96 bits per heavy atom. The molecule has 24 heavy (non-hydrogen) atoms. The number of thioether (sulfide) groups is 1. The van der Waals surface area contributed by atoms with E-state index in [2.05, 4.69) is 5.32 Å². The van der Waals surface area contributed by atoms with E-state index < -0.39 is 0 Å². The molecule has 2 aromatic carbocycles. The van der Waals surface area contributed by atoms with E-state index in [1.807, 2.05) is 55.6 Å². The van der Waals surface area contributed by atoms with Crippen molar-refractivity contribution in [1.82, 2.24) is 4.57 Å². The van der Waals surface area contributed by atoms with E-state index in [1.165, 1.54) is 6.07 Å². The highest BCUT2D eigenvalue weighted by molar-refractivity contribution is 7.98. The summed E-state index contributed by atoms with van der Waals surface area (Å²) in [5.74, 6) is -0.123. The maximum absolute atomic E-state index is 12.4. The van der Waals surface area contributed by atoms with E-state index in [1.54, 1.807) is 22.5 Å². The lowest BCUT2D eigenvalue weighted by Crippen LogP contribution is -2.20. The second kappa shape index (κ2) is 6.93. The van der Waals surface area contributed by atoms with Crippen LogP contribution in [0.3, 0.4) is 0 Å². The van der Waals surface area contributed by atoms with Crippen molar-refractivity contribution in [2.24, 2.45) is 0 Å². The molecule has 1 amide bonds. The fourth-order valence-electron chi connectivity index (χ4n) is 2.66. The van der Waals surface area contributed by atoms with Crippen molar-refractivity contribution >= 4 is 34.3 Å². The normalized spacial score (nSPS) is 10.8. The van der Waals surface area contributed by atoms with Crippen molar-refractivity contribution in [1.29, 1.82) is 0 Å². The number of pyridine rings is 1. The van der Waals surface area contributed by atoms with Crippen molar-refractivity contribution < 1.29 is 4.79 Å². The maximum Gasteiger partial charge on any atom is 0.244 e. The molecule has 0 aliphatic rings. The van der Waals surface area contributed by atoms with E-state index >= 15 is 0 Å². The van der Waals surface area contributed by atoms with Crippen LogP contribution in [0.4, 0.5) is 5.69 Å². The van der Waals surface area contributed by atoms with Crippen LogP contribution in [0.15, 0.2) is 64.4 Å². The molecule has 0 aliphatic carbocycles. The number of nitrogens with zero attached hydrogens (tertiary/aromatic N) is 1. The van der Waals surface area contributed by atoms with Crippen molar-refractivity contribution in [2.45, 2.75) is 18.4 Å². The first-order valence-corrected chi connectivity index (χ1v) is 8.83. The van der Waals surface area contributed by atoms with Gasteiger partial charge in [-0.1, -0.05) is 23.8 Å². The molecule has 122 valence electrons. The monoisotopic (exact) mass is 338 g/mol. The molecule has 0 atom stereocenters. The number of fused-ring (bicyclic) bond motifs is 1. The lowest BCUT2D eigenvalue weighted by molar-refractivity contribution is -0.116. The van der Waals surface area contributed by atoms with Crippen LogP contribution in [0.1, 0.15) is 5.56 Å². The van der Waals surface area contributed by atoms with Crippen molar-refractivity contribution in [2.75, 3.05) is 11.6 Å². The van der Waals surface area contributed by atoms with Crippen molar-refractivity contribution in [3.8, 4) is 0 Å². The highest BCUT2D eigenvalue weighted by Gasteiger charge is 2.09. The van der Waals surface area contributed by atoms with E-state index in [9.17, 15) is 9.59 Å². The number of para-hydroxylation sites is 1. The minimum atomic E-state index is -0.123. The zero-order valence-electron chi connectivity index (χ0n) is 13.6. The number of benzene rings is 2. The lowest BCUT2D eigenvalue weighted by Gasteiger charge is -2.13. The summed E-state index contributed by atoms with van der Waals surface area (Å²) >= 11 is 1.59. The number of aryl methyl sites for hydroxylation is 1. The molecule has 3 rings (SSSR count). The van der Waals surface area contributed by atoms with Gasteiger partial charge in [0.05, 0.1) is 11.2 Å². The van der Waals surface area contributed by atoms with Gasteiger partial charge in [-0.15, -0.1) is 11.8 Å². The lowest BCUT2D eigenvalue weighted by atomic mass is 10.1. The molecule has 0 saturated heterocycles. The number of nitrogens with one attached hydrogen (secondary N) is 1. The number of amides is 1. The van der Waals surface area contributed by atoms with Crippen LogP contribution in [0.25, 0.3) is 10.9 Å². The number of carbonyl (C=O) groups is 1. The molecular formula is C19H18N2O2S. The number of anilines is 1. The first-order chi connectivity index (χ1) is 11.6. The Balaban J connectivity index is 1.89. The van der Waals surface area contributed by atoms with E-state index in [4.69, 9.17) is 0 Å². The average molecular weight is 338 g/mol. The van der Waals surface area contributed by atoms with Gasteiger partial charge in [0.25, 0.3) is 0 Å². The van der Waals surface area contributed by atoms with E-state index in [0.29, 0.717) is 5.39 Å². The third-order valence-electron chi connectivity index (χ3n) is 3.83. The minimum absolute atomic E-state index is 0.0295. The smallest absolute Gasteiger partial charge is 0.244 e. The summed E-state index contributed by atoms with van der Waals surface area (Å²) in [4.78, 5) is 25.5. The van der Waals surface area contributed by atoms with Gasteiger partial charge in [0.1, 0.15) is 6.54 Å². The fraction of sp³-hybridized carbons (Fsp3) is 0.158. The molecule has 3 aromatic rings. The standard InChI is InChI=1S/C19H18N2O2S/c1-13-7-8-16-14(11-13)17(22)9-10-21(16)12-19(23)20-15-5-3-4-6-18(15)24-2/h3-11H,12H2,1-2H3,(H,20,23). The molecule has 1 aromatic heterocycles. The van der Waals surface area contributed by atoms with Crippen LogP contribution >= 0.6 is 11.8 Å². The van der Waals surface area contributed by atoms with Crippen LogP contribution in [0.2, 0.25) is 0 Å². The summed E-state index contributed by atoms with van der Waals surface area (Å²) < 4.78 is 1.80. The predicted molar refractivity (Wildman–Crippen MR) is 99.8 cm³/mol. The Morgan fingerprint density at radius 3 is 2.75 bits per heavy atom. The van der Waals surface area contributed by atoms with E-state index in [0.717, 1.165) is 21.7 Å². The van der Waals surface area contributed by atoms with Gasteiger partial charge in [0.2, 0.25) is 5.91 Å². The predicted octanol–water partition coefficient (Wildman–Crippen LogP) is 3.67. The largest absolute Gasteiger partial charge is 0.338 e. The number of hydrogen-bond donors (Lipinski definition) is 1. The maximum atomic E-state index is 12.4. The van der Waals surface area contributed by atoms with Crippen LogP contribution in [0, 0.1) is 6.92 Å². The molecule has 0 spiro atoms. The Morgan fingerprint density at radius 1 is 1.17 bits per heavy atom. The minimum Gasteiger partial charge on any atom is -0.338 e. The summed E-state index contributed by atoms with van der Waals surface area (Å²) in [5, 5.41) is 3.58. The summed E-state index contributed by atoms with van der Waals surface area (Å²) in [6, 6.07) is 14.9. The molecule has 0 unspecified atom stereocenters. The quantitative estimate of drug-likeness (QED) is 0.739. The molecule has 5 heteroatoms. The number of hydrogen-bond acceptors (Lipinski definition) is 3. The van der Waals surface area contributed by atoms with Gasteiger partial charge < -0.3 is 9.88 Å². The SMILES string of the molecule is CSc1ccccc1NC(=O)Cn1ccc(=O)c2cc(C)ccc21. The molecule has 1 heterocycles. The van der Waals surface area contributed by atoms with E-state index in [-0.39, 0.29) is 17.9 Å². The van der Waals surface area contributed by atoms with Gasteiger partial charge in [-0.3, -0.25) is 9.59 Å². The second-order valence-corrected chi connectivity index (χ2v) is 6.43. The average Bonchev–Trinajstić information content (AvgIpc) is 2.58. The van der Waals surface area contributed by atoms with Crippen LogP contribution in [0.5, 0.6) is 0 Å². The third-order valence-corrected chi connectivity index (χ3v) is 4.62. The van der Waals surface area contributed by atoms with Crippen molar-refractivity contribution in [3.63, 3.8) is 0 Å². The Labute approximate surface area is 144 Å². The molecule has 0 bridgehead atoms. The fourth-order valence-corrected chi connectivity index (χ4v) is 3.21. The summed E-state index contributed by atoms with van der Waals surface area (Å²) in [6.45, 7) is 2.10. The van der Waals surface area contributed by atoms with Crippen molar-refractivity contribution in [3.05, 3.63) is 70.5 Å². The van der Waals surface area contributed by atoms with Crippen LogP contribution < -0.4 is 10.7 Å². The molecule has 0 saturated carbocycles. The topological polar surface area (TPSA) is 51.1 Å². The van der Waals surface area contributed by atoms with Crippen LogP contribution in [-0.2, 0) is 11.3 Å². The molecule has 0 aliphatic heterocycles. The summed E-state index contributed by atoms with van der Waals surface area (Å²) in [7, 11) is 0.